The van der Waals surface area contributed by atoms with E-state index in [1.54, 1.807) is 13.8 Å². The number of hydrogen-bond donors (Lipinski definition) is 2. The maximum Gasteiger partial charge on any atom is 0.313 e. The van der Waals surface area contributed by atoms with Gasteiger partial charge in [0.15, 0.2) is 0 Å². The predicted octanol–water partition coefficient (Wildman–Crippen LogP) is 3.67. The van der Waals surface area contributed by atoms with E-state index in [4.69, 9.17) is 0 Å². The Morgan fingerprint density at radius 2 is 1.83 bits per heavy atom. The summed E-state index contributed by atoms with van der Waals surface area (Å²) in [6.45, 7) is 3.42. The molecule has 1 atom stereocenters. The Labute approximate surface area is 141 Å². The SMILES string of the molecule is CC(C)(C(=O)O)c1cccc(-c2ccc(C3CCC(=O)N3)cc2)c1. The highest BCUT2D eigenvalue weighted by atomic mass is 16.4. The fraction of sp³-hybridized carbons (Fsp3) is 0.300. The van der Waals surface area contributed by atoms with E-state index in [0.29, 0.717) is 6.42 Å². The number of carbonyl (C=O) groups is 2. The second-order valence-electron chi connectivity index (χ2n) is 6.79. The van der Waals surface area contributed by atoms with Crippen LogP contribution in [-0.2, 0) is 15.0 Å². The smallest absolute Gasteiger partial charge is 0.313 e. The van der Waals surface area contributed by atoms with Crippen LogP contribution in [0.25, 0.3) is 11.1 Å². The van der Waals surface area contributed by atoms with Crippen LogP contribution in [0.4, 0.5) is 0 Å². The molecule has 124 valence electrons. The zero-order valence-electron chi connectivity index (χ0n) is 13.9. The highest BCUT2D eigenvalue weighted by molar-refractivity contribution is 5.81. The number of aliphatic carboxylic acids is 1. The minimum absolute atomic E-state index is 0.101. The summed E-state index contributed by atoms with van der Waals surface area (Å²) in [5.74, 6) is -0.736. The first-order chi connectivity index (χ1) is 11.4. The average molecular weight is 323 g/mol. The van der Waals surface area contributed by atoms with Gasteiger partial charge in [-0.15, -0.1) is 0 Å². The normalized spacial score (nSPS) is 17.6. The summed E-state index contributed by atoms with van der Waals surface area (Å²) in [6, 6.07) is 15.8. The first-order valence-corrected chi connectivity index (χ1v) is 8.11. The highest BCUT2D eigenvalue weighted by Gasteiger charge is 2.29. The standard InChI is InChI=1S/C20H21NO3/c1-20(2,19(23)24)16-5-3-4-15(12-16)13-6-8-14(9-7-13)17-10-11-18(22)21-17/h3-9,12,17H,10-11H2,1-2H3,(H,21,22)(H,23,24). The van der Waals surface area contributed by atoms with Crippen LogP contribution in [0.15, 0.2) is 48.5 Å². The maximum atomic E-state index is 11.5. The maximum absolute atomic E-state index is 11.5. The van der Waals surface area contributed by atoms with Crippen LogP contribution in [0.2, 0.25) is 0 Å². The lowest BCUT2D eigenvalue weighted by Crippen LogP contribution is -2.28. The van der Waals surface area contributed by atoms with Crippen molar-refractivity contribution in [3.8, 4) is 11.1 Å². The van der Waals surface area contributed by atoms with E-state index in [9.17, 15) is 14.7 Å². The second-order valence-corrected chi connectivity index (χ2v) is 6.79. The van der Waals surface area contributed by atoms with E-state index in [1.807, 2.05) is 48.5 Å². The van der Waals surface area contributed by atoms with Crippen LogP contribution in [-0.4, -0.2) is 17.0 Å². The monoisotopic (exact) mass is 323 g/mol. The number of benzene rings is 2. The Hall–Kier alpha value is -2.62. The van der Waals surface area contributed by atoms with Gasteiger partial charge in [0.05, 0.1) is 11.5 Å². The fourth-order valence-electron chi connectivity index (χ4n) is 2.98. The van der Waals surface area contributed by atoms with Crippen molar-refractivity contribution in [2.75, 3.05) is 0 Å². The molecule has 4 nitrogen and oxygen atoms in total. The first-order valence-electron chi connectivity index (χ1n) is 8.11. The Balaban J connectivity index is 1.87. The van der Waals surface area contributed by atoms with E-state index in [-0.39, 0.29) is 11.9 Å². The van der Waals surface area contributed by atoms with E-state index in [0.717, 1.165) is 28.7 Å². The molecule has 1 aliphatic rings. The molecule has 1 amide bonds. The zero-order chi connectivity index (χ0) is 17.3. The van der Waals surface area contributed by atoms with Crippen molar-refractivity contribution < 1.29 is 14.7 Å². The molecule has 2 aromatic carbocycles. The summed E-state index contributed by atoms with van der Waals surface area (Å²) >= 11 is 0. The third kappa shape index (κ3) is 3.04. The van der Waals surface area contributed by atoms with Crippen LogP contribution in [0.3, 0.4) is 0 Å². The Morgan fingerprint density at radius 1 is 1.12 bits per heavy atom. The van der Waals surface area contributed by atoms with Crippen molar-refractivity contribution in [3.63, 3.8) is 0 Å². The van der Waals surface area contributed by atoms with Crippen LogP contribution in [0, 0.1) is 0 Å². The summed E-state index contributed by atoms with van der Waals surface area (Å²) in [5.41, 5.74) is 2.98. The quantitative estimate of drug-likeness (QED) is 0.902. The molecular formula is C20H21NO3. The topological polar surface area (TPSA) is 66.4 Å². The van der Waals surface area contributed by atoms with Crippen LogP contribution in [0.1, 0.15) is 43.9 Å². The number of nitrogens with one attached hydrogen (secondary N) is 1. The lowest BCUT2D eigenvalue weighted by atomic mass is 9.83. The number of carboxylic acids is 1. The van der Waals surface area contributed by atoms with Gasteiger partial charge in [-0.05, 0) is 42.5 Å². The molecule has 1 saturated heterocycles. The molecule has 3 rings (SSSR count). The van der Waals surface area contributed by atoms with Gasteiger partial charge in [-0.25, -0.2) is 0 Å². The van der Waals surface area contributed by atoms with Gasteiger partial charge < -0.3 is 10.4 Å². The van der Waals surface area contributed by atoms with Gasteiger partial charge in [-0.1, -0.05) is 48.5 Å². The van der Waals surface area contributed by atoms with Gasteiger partial charge in [0.1, 0.15) is 0 Å². The van der Waals surface area contributed by atoms with Gasteiger partial charge >= 0.3 is 5.97 Å². The third-order valence-electron chi connectivity index (χ3n) is 4.76. The molecular weight excluding hydrogens is 302 g/mol. The molecule has 24 heavy (non-hydrogen) atoms. The van der Waals surface area contributed by atoms with Crippen molar-refractivity contribution in [2.24, 2.45) is 0 Å². The minimum atomic E-state index is -0.927. The largest absolute Gasteiger partial charge is 0.481 e. The van der Waals surface area contributed by atoms with Crippen LogP contribution < -0.4 is 5.32 Å². The third-order valence-corrected chi connectivity index (χ3v) is 4.76. The Kier molecular flexibility index (Phi) is 4.14. The van der Waals surface area contributed by atoms with E-state index < -0.39 is 11.4 Å². The summed E-state index contributed by atoms with van der Waals surface area (Å²) < 4.78 is 0. The molecule has 1 fully saturated rings. The minimum Gasteiger partial charge on any atom is -0.481 e. The lowest BCUT2D eigenvalue weighted by molar-refractivity contribution is -0.142. The van der Waals surface area contributed by atoms with Crippen LogP contribution in [0.5, 0.6) is 0 Å². The van der Waals surface area contributed by atoms with Gasteiger partial charge in [-0.2, -0.15) is 0 Å². The van der Waals surface area contributed by atoms with Crippen molar-refractivity contribution in [2.45, 2.75) is 38.1 Å². The molecule has 0 aliphatic carbocycles. The summed E-state index contributed by atoms with van der Waals surface area (Å²) in [7, 11) is 0. The molecule has 4 heteroatoms. The van der Waals surface area contributed by atoms with E-state index in [1.165, 1.54) is 0 Å². The molecule has 2 aromatic rings. The number of carbonyl (C=O) groups excluding carboxylic acids is 1. The van der Waals surface area contributed by atoms with Gasteiger partial charge in [-0.3, -0.25) is 9.59 Å². The second kappa shape index (κ2) is 6.11. The Bertz CT molecular complexity index is 778. The zero-order valence-corrected chi connectivity index (χ0v) is 13.9. The average Bonchev–Trinajstić information content (AvgIpc) is 3.01. The predicted molar refractivity (Wildman–Crippen MR) is 92.7 cm³/mol. The molecule has 1 heterocycles. The molecule has 0 aromatic heterocycles. The molecule has 0 bridgehead atoms. The summed E-state index contributed by atoms with van der Waals surface area (Å²) in [5, 5.41) is 12.4. The molecule has 1 unspecified atom stereocenters. The van der Waals surface area contributed by atoms with Crippen molar-refractivity contribution in [1.82, 2.24) is 5.32 Å². The summed E-state index contributed by atoms with van der Waals surface area (Å²) in [6.07, 6.45) is 1.42. The molecule has 0 spiro atoms. The molecule has 0 radical (unpaired) electrons. The lowest BCUT2D eigenvalue weighted by Gasteiger charge is -2.20. The van der Waals surface area contributed by atoms with Crippen LogP contribution >= 0.6 is 0 Å². The number of carboxylic acid groups (broad SMARTS) is 1. The van der Waals surface area contributed by atoms with Crippen molar-refractivity contribution >= 4 is 11.9 Å². The number of amides is 1. The van der Waals surface area contributed by atoms with Gasteiger partial charge in [0, 0.05) is 6.42 Å². The Morgan fingerprint density at radius 3 is 2.42 bits per heavy atom. The molecule has 2 N–H and O–H groups in total. The molecule has 1 aliphatic heterocycles. The van der Waals surface area contributed by atoms with E-state index >= 15 is 0 Å². The molecule has 0 saturated carbocycles. The fourth-order valence-corrected chi connectivity index (χ4v) is 2.98. The number of hydrogen-bond acceptors (Lipinski definition) is 2. The first kappa shape index (κ1) is 16.2. The van der Waals surface area contributed by atoms with Gasteiger partial charge in [0.2, 0.25) is 5.91 Å². The highest BCUT2D eigenvalue weighted by Crippen LogP contribution is 2.30. The van der Waals surface area contributed by atoms with Gasteiger partial charge in [0.25, 0.3) is 0 Å². The van der Waals surface area contributed by atoms with Crippen molar-refractivity contribution in [3.05, 3.63) is 59.7 Å². The number of rotatable bonds is 4. The summed E-state index contributed by atoms with van der Waals surface area (Å²) in [4.78, 5) is 22.8. The van der Waals surface area contributed by atoms with Crippen molar-refractivity contribution in [1.29, 1.82) is 0 Å². The van der Waals surface area contributed by atoms with E-state index in [2.05, 4.69) is 5.32 Å².